The molecule has 5 nitrogen and oxygen atoms in total. The lowest BCUT2D eigenvalue weighted by atomic mass is 10.1. The SMILES string of the molecule is CN[C@@H](Cc1cn(C=O)c2ccccc12)C(=O)O.Cl. The summed E-state index contributed by atoms with van der Waals surface area (Å²) in [5.41, 5.74) is 1.64. The highest BCUT2D eigenvalue weighted by molar-refractivity contribution is 5.89. The first-order chi connectivity index (χ1) is 8.67. The molecule has 0 saturated carbocycles. The quantitative estimate of drug-likeness (QED) is 0.812. The van der Waals surface area contributed by atoms with Gasteiger partial charge in [-0.25, -0.2) is 0 Å². The van der Waals surface area contributed by atoms with E-state index in [1.54, 1.807) is 13.2 Å². The van der Waals surface area contributed by atoms with E-state index in [2.05, 4.69) is 5.32 Å². The van der Waals surface area contributed by atoms with Crippen LogP contribution in [0.4, 0.5) is 0 Å². The van der Waals surface area contributed by atoms with Gasteiger partial charge >= 0.3 is 5.97 Å². The van der Waals surface area contributed by atoms with Crippen molar-refractivity contribution in [3.05, 3.63) is 36.0 Å². The van der Waals surface area contributed by atoms with Crippen LogP contribution in [0.15, 0.2) is 30.5 Å². The molecule has 0 unspecified atom stereocenters. The van der Waals surface area contributed by atoms with E-state index in [1.807, 2.05) is 24.3 Å². The molecule has 19 heavy (non-hydrogen) atoms. The molecule has 0 aliphatic carbocycles. The van der Waals surface area contributed by atoms with E-state index in [9.17, 15) is 9.59 Å². The molecule has 0 spiro atoms. The fourth-order valence-corrected chi connectivity index (χ4v) is 2.06. The number of para-hydroxylation sites is 1. The number of benzene rings is 1. The van der Waals surface area contributed by atoms with Gasteiger partial charge < -0.3 is 10.4 Å². The lowest BCUT2D eigenvalue weighted by molar-refractivity contribution is -0.139. The zero-order valence-corrected chi connectivity index (χ0v) is 11.2. The summed E-state index contributed by atoms with van der Waals surface area (Å²) >= 11 is 0. The number of likely N-dealkylation sites (N-methyl/N-ethyl adjacent to an activating group) is 1. The maximum atomic E-state index is 11.0. The summed E-state index contributed by atoms with van der Waals surface area (Å²) in [4.78, 5) is 22.0. The second-order valence-corrected chi connectivity index (χ2v) is 4.07. The third-order valence-corrected chi connectivity index (χ3v) is 3.01. The zero-order chi connectivity index (χ0) is 13.1. The first-order valence-electron chi connectivity index (χ1n) is 5.61. The van der Waals surface area contributed by atoms with Gasteiger partial charge in [0, 0.05) is 18.0 Å². The van der Waals surface area contributed by atoms with Crippen LogP contribution < -0.4 is 5.32 Å². The average Bonchev–Trinajstić information content (AvgIpc) is 2.74. The van der Waals surface area contributed by atoms with Crippen molar-refractivity contribution in [2.24, 2.45) is 0 Å². The van der Waals surface area contributed by atoms with Crippen LogP contribution in [0.1, 0.15) is 5.56 Å². The summed E-state index contributed by atoms with van der Waals surface area (Å²) in [7, 11) is 1.61. The van der Waals surface area contributed by atoms with Crippen LogP contribution in [0.25, 0.3) is 10.9 Å². The highest BCUT2D eigenvalue weighted by atomic mass is 35.5. The fraction of sp³-hybridized carbons (Fsp3) is 0.231. The maximum absolute atomic E-state index is 11.0. The molecule has 0 aliphatic rings. The number of halogens is 1. The minimum atomic E-state index is -0.902. The minimum absolute atomic E-state index is 0. The molecule has 1 aromatic heterocycles. The van der Waals surface area contributed by atoms with Gasteiger partial charge in [0.2, 0.25) is 6.41 Å². The van der Waals surface area contributed by atoms with Crippen molar-refractivity contribution in [2.45, 2.75) is 12.5 Å². The largest absolute Gasteiger partial charge is 0.480 e. The minimum Gasteiger partial charge on any atom is -0.480 e. The summed E-state index contributed by atoms with van der Waals surface area (Å²) < 4.78 is 1.47. The summed E-state index contributed by atoms with van der Waals surface area (Å²) in [6.07, 6.45) is 2.75. The van der Waals surface area contributed by atoms with E-state index in [1.165, 1.54) is 4.57 Å². The molecular formula is C13H15ClN2O3. The molecule has 1 atom stereocenters. The van der Waals surface area contributed by atoms with Gasteiger partial charge in [0.15, 0.2) is 0 Å². The number of rotatable bonds is 5. The second kappa shape index (κ2) is 6.36. The number of aliphatic carboxylic acids is 1. The smallest absolute Gasteiger partial charge is 0.321 e. The van der Waals surface area contributed by atoms with Crippen molar-refractivity contribution in [1.82, 2.24) is 9.88 Å². The number of carboxylic acid groups (broad SMARTS) is 1. The summed E-state index contributed by atoms with van der Waals surface area (Å²) in [5, 5.41) is 12.7. The van der Waals surface area contributed by atoms with Crippen molar-refractivity contribution in [3.8, 4) is 0 Å². The monoisotopic (exact) mass is 282 g/mol. The molecule has 2 N–H and O–H groups in total. The van der Waals surface area contributed by atoms with Crippen molar-refractivity contribution in [2.75, 3.05) is 7.05 Å². The van der Waals surface area contributed by atoms with E-state index in [4.69, 9.17) is 5.11 Å². The number of carbonyl (C=O) groups is 2. The van der Waals surface area contributed by atoms with Gasteiger partial charge in [-0.2, -0.15) is 0 Å². The molecule has 6 heteroatoms. The number of nitrogens with one attached hydrogen (secondary N) is 1. The average molecular weight is 283 g/mol. The topological polar surface area (TPSA) is 71.3 Å². The normalized spacial score (nSPS) is 11.8. The molecule has 0 amide bonds. The lowest BCUT2D eigenvalue weighted by Gasteiger charge is -2.09. The number of aromatic nitrogens is 1. The Balaban J connectivity index is 0.00000180. The first kappa shape index (κ1) is 15.2. The molecule has 1 aromatic carbocycles. The summed E-state index contributed by atoms with van der Waals surface area (Å²) in [6, 6.07) is 6.78. The molecule has 2 rings (SSSR count). The van der Waals surface area contributed by atoms with Gasteiger partial charge in [-0.15, -0.1) is 12.4 Å². The Kier molecular flexibility index (Phi) is 5.09. The molecule has 0 saturated heterocycles. The molecule has 0 radical (unpaired) electrons. The Morgan fingerprint density at radius 3 is 2.74 bits per heavy atom. The van der Waals surface area contributed by atoms with Crippen LogP contribution in [0.5, 0.6) is 0 Å². The highest BCUT2D eigenvalue weighted by Crippen LogP contribution is 2.21. The van der Waals surface area contributed by atoms with Gasteiger partial charge in [-0.1, -0.05) is 18.2 Å². The Hall–Kier alpha value is -1.85. The molecular weight excluding hydrogens is 268 g/mol. The van der Waals surface area contributed by atoms with Crippen molar-refractivity contribution >= 4 is 35.7 Å². The van der Waals surface area contributed by atoms with Crippen molar-refractivity contribution in [1.29, 1.82) is 0 Å². The number of nitrogens with zero attached hydrogens (tertiary/aromatic N) is 1. The fourth-order valence-electron chi connectivity index (χ4n) is 2.06. The van der Waals surface area contributed by atoms with E-state index in [0.717, 1.165) is 22.9 Å². The van der Waals surface area contributed by atoms with Gasteiger partial charge in [-0.3, -0.25) is 14.2 Å². The Morgan fingerprint density at radius 2 is 2.16 bits per heavy atom. The van der Waals surface area contributed by atoms with Crippen molar-refractivity contribution in [3.63, 3.8) is 0 Å². The number of hydrogen-bond acceptors (Lipinski definition) is 3. The molecule has 0 bridgehead atoms. The third kappa shape index (κ3) is 2.94. The van der Waals surface area contributed by atoms with Crippen LogP contribution in [0.3, 0.4) is 0 Å². The van der Waals surface area contributed by atoms with E-state index in [-0.39, 0.29) is 12.4 Å². The predicted molar refractivity (Wildman–Crippen MR) is 75.5 cm³/mol. The molecule has 0 aliphatic heterocycles. The van der Waals surface area contributed by atoms with E-state index >= 15 is 0 Å². The standard InChI is InChI=1S/C13H14N2O3.ClH/c1-14-11(13(17)18)6-9-7-15(8-16)12-5-3-2-4-10(9)12;/h2-5,7-8,11,14H,6H2,1H3,(H,17,18);1H/t11-;/m0./s1. The third-order valence-electron chi connectivity index (χ3n) is 3.01. The zero-order valence-electron chi connectivity index (χ0n) is 10.4. The highest BCUT2D eigenvalue weighted by Gasteiger charge is 2.18. The van der Waals surface area contributed by atoms with Gasteiger partial charge in [0.05, 0.1) is 5.52 Å². The van der Waals surface area contributed by atoms with Crippen LogP contribution in [-0.4, -0.2) is 35.1 Å². The Morgan fingerprint density at radius 1 is 1.47 bits per heavy atom. The maximum Gasteiger partial charge on any atom is 0.321 e. The number of fused-ring (bicyclic) bond motifs is 1. The van der Waals surface area contributed by atoms with Gasteiger partial charge in [-0.05, 0) is 18.7 Å². The summed E-state index contributed by atoms with van der Waals surface area (Å²) in [6.45, 7) is 0. The van der Waals surface area contributed by atoms with Crippen LogP contribution in [0, 0.1) is 0 Å². The molecule has 1 heterocycles. The van der Waals surface area contributed by atoms with Crippen LogP contribution in [0.2, 0.25) is 0 Å². The van der Waals surface area contributed by atoms with Gasteiger partial charge in [0.1, 0.15) is 6.04 Å². The van der Waals surface area contributed by atoms with Crippen molar-refractivity contribution < 1.29 is 14.7 Å². The molecule has 0 fully saturated rings. The van der Waals surface area contributed by atoms with Crippen LogP contribution >= 0.6 is 12.4 Å². The predicted octanol–water partition coefficient (Wildman–Crippen LogP) is 1.32. The Labute approximate surface area is 116 Å². The second-order valence-electron chi connectivity index (χ2n) is 4.07. The molecule has 2 aromatic rings. The number of carboxylic acids is 1. The number of carbonyl (C=O) groups excluding carboxylic acids is 1. The molecule has 102 valence electrons. The van der Waals surface area contributed by atoms with E-state index in [0.29, 0.717) is 6.42 Å². The first-order valence-corrected chi connectivity index (χ1v) is 5.61. The van der Waals surface area contributed by atoms with E-state index < -0.39 is 12.0 Å². The lowest BCUT2D eigenvalue weighted by Crippen LogP contribution is -2.35. The number of hydrogen-bond donors (Lipinski definition) is 2. The Bertz CT molecular complexity index is 595. The van der Waals surface area contributed by atoms with Crippen LogP contribution in [-0.2, 0) is 16.0 Å². The van der Waals surface area contributed by atoms with Gasteiger partial charge in [0.25, 0.3) is 0 Å². The summed E-state index contributed by atoms with van der Waals surface area (Å²) in [5.74, 6) is -0.902.